The van der Waals surface area contributed by atoms with Crippen LogP contribution in [0.3, 0.4) is 0 Å². The summed E-state index contributed by atoms with van der Waals surface area (Å²) in [5, 5.41) is 6.39. The molecule has 2 saturated carbocycles. The van der Waals surface area contributed by atoms with Gasteiger partial charge in [-0.3, -0.25) is 4.79 Å². The summed E-state index contributed by atoms with van der Waals surface area (Å²) in [5.74, 6) is 1.22. The van der Waals surface area contributed by atoms with Crippen molar-refractivity contribution in [3.63, 3.8) is 0 Å². The van der Waals surface area contributed by atoms with Gasteiger partial charge in [0.05, 0.1) is 0 Å². The second-order valence-electron chi connectivity index (χ2n) is 10.1. The van der Waals surface area contributed by atoms with Gasteiger partial charge in [0.2, 0.25) is 5.91 Å². The van der Waals surface area contributed by atoms with Gasteiger partial charge in [0, 0.05) is 32.1 Å². The molecule has 5 nitrogen and oxygen atoms in total. The smallest absolute Gasteiger partial charge is 0.317 e. The molecule has 0 radical (unpaired) electrons. The van der Waals surface area contributed by atoms with Gasteiger partial charge in [-0.05, 0) is 73.3 Å². The first-order valence-electron chi connectivity index (χ1n) is 12.0. The van der Waals surface area contributed by atoms with Crippen LogP contribution in [-0.2, 0) is 10.2 Å². The SMILES string of the molecule is O=C(CC1CC2(CCN(C(=O)NC3CCCC3)CC2)c2ccccc21)NCC1CC1. The van der Waals surface area contributed by atoms with Gasteiger partial charge in [-0.25, -0.2) is 4.79 Å². The zero-order chi connectivity index (χ0) is 20.6. The number of rotatable bonds is 5. The molecule has 1 saturated heterocycles. The Bertz CT molecular complexity index is 789. The lowest BCUT2D eigenvalue weighted by atomic mass is 9.73. The number of likely N-dealkylation sites (tertiary alicyclic amines) is 1. The van der Waals surface area contributed by atoms with E-state index in [1.165, 1.54) is 36.8 Å². The van der Waals surface area contributed by atoms with Crippen molar-refractivity contribution in [1.82, 2.24) is 15.5 Å². The van der Waals surface area contributed by atoms with E-state index in [-0.39, 0.29) is 17.4 Å². The van der Waals surface area contributed by atoms with E-state index in [1.54, 1.807) is 0 Å². The fraction of sp³-hybridized carbons (Fsp3) is 0.680. The molecule has 3 fully saturated rings. The van der Waals surface area contributed by atoms with Gasteiger partial charge in [-0.2, -0.15) is 0 Å². The van der Waals surface area contributed by atoms with Crippen molar-refractivity contribution in [2.24, 2.45) is 5.92 Å². The highest BCUT2D eigenvalue weighted by atomic mass is 16.2. The van der Waals surface area contributed by atoms with Crippen molar-refractivity contribution in [2.45, 2.75) is 81.6 Å². The Kier molecular flexibility index (Phi) is 5.46. The van der Waals surface area contributed by atoms with Gasteiger partial charge in [-0.1, -0.05) is 37.1 Å². The van der Waals surface area contributed by atoms with Crippen molar-refractivity contribution in [3.8, 4) is 0 Å². The first kappa shape index (κ1) is 19.9. The Morgan fingerprint density at radius 2 is 1.77 bits per heavy atom. The number of carbonyl (C=O) groups is 2. The molecule has 5 heteroatoms. The lowest BCUT2D eigenvalue weighted by Crippen LogP contribution is -2.50. The summed E-state index contributed by atoms with van der Waals surface area (Å²) in [7, 11) is 0. The Labute approximate surface area is 180 Å². The number of piperidine rings is 1. The number of carbonyl (C=O) groups excluding carboxylic acids is 2. The van der Waals surface area contributed by atoms with E-state index in [0.717, 1.165) is 57.7 Å². The summed E-state index contributed by atoms with van der Waals surface area (Å²) in [6.45, 7) is 2.48. The summed E-state index contributed by atoms with van der Waals surface area (Å²) < 4.78 is 0. The average molecular weight is 410 g/mol. The summed E-state index contributed by atoms with van der Waals surface area (Å²) in [6, 6.07) is 9.23. The normalized spacial score (nSPS) is 25.3. The van der Waals surface area contributed by atoms with Gasteiger partial charge in [0.15, 0.2) is 0 Å². The minimum atomic E-state index is 0.124. The van der Waals surface area contributed by atoms with E-state index in [1.807, 2.05) is 4.90 Å². The number of nitrogens with zero attached hydrogens (tertiary/aromatic N) is 1. The average Bonchev–Trinajstić information content (AvgIpc) is 3.38. The maximum Gasteiger partial charge on any atom is 0.317 e. The quantitative estimate of drug-likeness (QED) is 0.770. The standard InChI is InChI=1S/C25H35N3O2/c29-23(26-17-18-9-10-18)15-19-16-25(22-8-4-3-7-21(19)22)11-13-28(14-12-25)24(30)27-20-5-1-2-6-20/h3-4,7-8,18-20H,1-2,5-6,9-17H2,(H,26,29)(H,27,30). The third-order valence-corrected chi connectivity index (χ3v) is 8.02. The van der Waals surface area contributed by atoms with E-state index in [0.29, 0.717) is 18.4 Å². The van der Waals surface area contributed by atoms with Crippen LogP contribution in [0.4, 0.5) is 4.79 Å². The van der Waals surface area contributed by atoms with Crippen LogP contribution in [0.1, 0.15) is 81.3 Å². The highest BCUT2D eigenvalue weighted by Crippen LogP contribution is 2.52. The number of nitrogens with one attached hydrogen (secondary N) is 2. The fourth-order valence-corrected chi connectivity index (χ4v) is 6.03. The molecule has 3 aliphatic carbocycles. The van der Waals surface area contributed by atoms with Gasteiger partial charge >= 0.3 is 6.03 Å². The molecule has 0 aromatic heterocycles. The van der Waals surface area contributed by atoms with E-state index in [2.05, 4.69) is 34.9 Å². The van der Waals surface area contributed by atoms with E-state index in [9.17, 15) is 9.59 Å². The van der Waals surface area contributed by atoms with E-state index in [4.69, 9.17) is 0 Å². The van der Waals surface area contributed by atoms with Crippen LogP contribution in [0, 0.1) is 5.92 Å². The summed E-state index contributed by atoms with van der Waals surface area (Å²) in [5.41, 5.74) is 2.92. The van der Waals surface area contributed by atoms with Gasteiger partial charge in [-0.15, -0.1) is 0 Å². The third kappa shape index (κ3) is 4.08. The minimum Gasteiger partial charge on any atom is -0.356 e. The molecule has 1 aromatic rings. The maximum atomic E-state index is 12.7. The Hall–Kier alpha value is -2.04. The van der Waals surface area contributed by atoms with Gasteiger partial charge < -0.3 is 15.5 Å². The van der Waals surface area contributed by atoms with Crippen LogP contribution in [0.25, 0.3) is 0 Å². The van der Waals surface area contributed by atoms with Crippen molar-refractivity contribution in [3.05, 3.63) is 35.4 Å². The highest BCUT2D eigenvalue weighted by molar-refractivity contribution is 5.77. The maximum absolute atomic E-state index is 12.7. The van der Waals surface area contributed by atoms with E-state index >= 15 is 0 Å². The number of benzene rings is 1. The predicted octanol–water partition coefficient (Wildman–Crippen LogP) is 4.08. The third-order valence-electron chi connectivity index (χ3n) is 8.02. The van der Waals surface area contributed by atoms with Crippen LogP contribution in [0.15, 0.2) is 24.3 Å². The first-order chi connectivity index (χ1) is 14.6. The number of amides is 3. The van der Waals surface area contributed by atoms with Gasteiger partial charge in [0.1, 0.15) is 0 Å². The number of fused-ring (bicyclic) bond motifs is 2. The van der Waals surface area contributed by atoms with Crippen LogP contribution in [-0.4, -0.2) is 42.5 Å². The van der Waals surface area contributed by atoms with Crippen molar-refractivity contribution < 1.29 is 9.59 Å². The predicted molar refractivity (Wildman–Crippen MR) is 117 cm³/mol. The van der Waals surface area contributed by atoms with Crippen molar-refractivity contribution in [2.75, 3.05) is 19.6 Å². The Morgan fingerprint density at radius 1 is 1.03 bits per heavy atom. The minimum absolute atomic E-state index is 0.124. The zero-order valence-electron chi connectivity index (χ0n) is 18.0. The van der Waals surface area contributed by atoms with Crippen LogP contribution in [0.2, 0.25) is 0 Å². The number of urea groups is 1. The molecule has 1 aliphatic heterocycles. The van der Waals surface area contributed by atoms with Crippen LogP contribution in [0.5, 0.6) is 0 Å². The Morgan fingerprint density at radius 3 is 2.50 bits per heavy atom. The highest BCUT2D eigenvalue weighted by Gasteiger charge is 2.46. The number of hydrogen-bond donors (Lipinski definition) is 2. The topological polar surface area (TPSA) is 61.4 Å². The molecule has 1 atom stereocenters. The molecule has 1 aromatic carbocycles. The largest absolute Gasteiger partial charge is 0.356 e. The summed E-state index contributed by atoms with van der Waals surface area (Å²) in [6.07, 6.45) is 10.9. The monoisotopic (exact) mass is 409 g/mol. The molecular weight excluding hydrogens is 374 g/mol. The number of hydrogen-bond acceptors (Lipinski definition) is 2. The summed E-state index contributed by atoms with van der Waals surface area (Å²) >= 11 is 0. The second-order valence-corrected chi connectivity index (χ2v) is 10.1. The molecule has 1 unspecified atom stereocenters. The molecule has 4 aliphatic rings. The lowest BCUT2D eigenvalue weighted by molar-refractivity contribution is -0.121. The lowest BCUT2D eigenvalue weighted by Gasteiger charge is -2.40. The molecule has 30 heavy (non-hydrogen) atoms. The first-order valence-corrected chi connectivity index (χ1v) is 12.0. The molecule has 2 N–H and O–H groups in total. The van der Waals surface area contributed by atoms with Crippen LogP contribution < -0.4 is 10.6 Å². The van der Waals surface area contributed by atoms with E-state index < -0.39 is 0 Å². The van der Waals surface area contributed by atoms with Gasteiger partial charge in [0.25, 0.3) is 0 Å². The molecular formula is C25H35N3O2. The molecule has 1 spiro atoms. The Balaban J connectivity index is 1.22. The molecule has 1 heterocycles. The zero-order valence-corrected chi connectivity index (χ0v) is 18.0. The molecule has 3 amide bonds. The van der Waals surface area contributed by atoms with Crippen molar-refractivity contribution in [1.29, 1.82) is 0 Å². The fourth-order valence-electron chi connectivity index (χ4n) is 6.03. The molecule has 5 rings (SSSR count). The van der Waals surface area contributed by atoms with Crippen LogP contribution >= 0.6 is 0 Å². The summed E-state index contributed by atoms with van der Waals surface area (Å²) in [4.78, 5) is 27.3. The molecule has 0 bridgehead atoms. The molecule has 162 valence electrons. The van der Waals surface area contributed by atoms with Crippen molar-refractivity contribution >= 4 is 11.9 Å². The second kappa shape index (κ2) is 8.24.